The van der Waals surface area contributed by atoms with Crippen molar-refractivity contribution in [2.24, 2.45) is 7.05 Å². The van der Waals surface area contributed by atoms with Gasteiger partial charge in [-0.15, -0.1) is 10.2 Å². The molecule has 0 unspecified atom stereocenters. The van der Waals surface area contributed by atoms with Crippen molar-refractivity contribution in [1.82, 2.24) is 19.7 Å². The van der Waals surface area contributed by atoms with Gasteiger partial charge in [0.15, 0.2) is 11.0 Å². The number of nitrogens with zero attached hydrogens (tertiary/aromatic N) is 4. The van der Waals surface area contributed by atoms with Crippen LogP contribution in [0.3, 0.4) is 0 Å². The van der Waals surface area contributed by atoms with Gasteiger partial charge in [-0.2, -0.15) is 0 Å². The summed E-state index contributed by atoms with van der Waals surface area (Å²) in [6.07, 6.45) is 3.42. The van der Waals surface area contributed by atoms with Crippen LogP contribution in [0.25, 0.3) is 11.4 Å². The van der Waals surface area contributed by atoms with Gasteiger partial charge in [-0.25, -0.2) is 0 Å². The largest absolute Gasteiger partial charge is 0.325 e. The summed E-state index contributed by atoms with van der Waals surface area (Å²) in [5, 5.41) is 12.3. The van der Waals surface area contributed by atoms with Crippen LogP contribution in [0, 0.1) is 6.92 Å². The Morgan fingerprint density at radius 1 is 1.23 bits per heavy atom. The quantitative estimate of drug-likeness (QED) is 0.671. The molecule has 0 saturated heterocycles. The molecule has 0 bridgehead atoms. The summed E-state index contributed by atoms with van der Waals surface area (Å²) >= 11 is 7.46. The lowest BCUT2D eigenvalue weighted by atomic mass is 10.2. The number of carbonyl (C=O) groups is 1. The maximum absolute atomic E-state index is 12.5. The molecule has 2 heterocycles. The molecule has 1 atom stereocenters. The highest BCUT2D eigenvalue weighted by Gasteiger charge is 2.20. The first kappa shape index (κ1) is 18.4. The van der Waals surface area contributed by atoms with Gasteiger partial charge in [-0.05, 0) is 43.7 Å². The molecule has 8 heteroatoms. The number of rotatable bonds is 5. The predicted molar refractivity (Wildman–Crippen MR) is 104 cm³/mol. The number of anilines is 1. The van der Waals surface area contributed by atoms with Crippen molar-refractivity contribution in [1.29, 1.82) is 0 Å². The SMILES string of the molecule is Cc1c(Cl)cccc1NC(=O)[C@@H](C)Sc1nnc(-c2ccncc2)n1C. The topological polar surface area (TPSA) is 72.7 Å². The summed E-state index contributed by atoms with van der Waals surface area (Å²) in [4.78, 5) is 16.5. The number of aromatic nitrogens is 4. The molecule has 0 fully saturated rings. The Labute approximate surface area is 161 Å². The van der Waals surface area contributed by atoms with Crippen LogP contribution < -0.4 is 5.32 Å². The maximum Gasteiger partial charge on any atom is 0.237 e. The first-order chi connectivity index (χ1) is 12.5. The molecule has 0 spiro atoms. The highest BCUT2D eigenvalue weighted by atomic mass is 35.5. The van der Waals surface area contributed by atoms with E-state index in [1.165, 1.54) is 11.8 Å². The second-order valence-corrected chi connectivity index (χ2v) is 7.48. The minimum Gasteiger partial charge on any atom is -0.325 e. The zero-order valence-corrected chi connectivity index (χ0v) is 16.2. The second-order valence-electron chi connectivity index (χ2n) is 5.76. The van der Waals surface area contributed by atoms with Gasteiger partial charge < -0.3 is 9.88 Å². The molecule has 26 heavy (non-hydrogen) atoms. The minimum atomic E-state index is -0.346. The minimum absolute atomic E-state index is 0.117. The van der Waals surface area contributed by atoms with Crippen molar-refractivity contribution in [2.45, 2.75) is 24.3 Å². The average molecular weight is 388 g/mol. The molecule has 1 N–H and O–H groups in total. The maximum atomic E-state index is 12.5. The lowest BCUT2D eigenvalue weighted by Gasteiger charge is -2.13. The third kappa shape index (κ3) is 3.89. The van der Waals surface area contributed by atoms with Crippen LogP contribution in [0.2, 0.25) is 5.02 Å². The second kappa shape index (κ2) is 7.88. The standard InChI is InChI=1S/C18H18ClN5OS/c1-11-14(19)5-4-6-15(11)21-17(25)12(2)26-18-23-22-16(24(18)3)13-7-9-20-10-8-13/h4-10,12H,1-3H3,(H,21,25)/t12-/m1/s1. The van der Waals surface area contributed by atoms with Crippen molar-refractivity contribution < 1.29 is 4.79 Å². The fraction of sp³-hybridized carbons (Fsp3) is 0.222. The first-order valence-corrected chi connectivity index (χ1v) is 9.25. The van der Waals surface area contributed by atoms with Crippen molar-refractivity contribution in [3.8, 4) is 11.4 Å². The number of pyridine rings is 1. The molecule has 0 aliphatic carbocycles. The number of thioether (sulfide) groups is 1. The smallest absolute Gasteiger partial charge is 0.237 e. The molecule has 1 amide bonds. The predicted octanol–water partition coefficient (Wildman–Crippen LogP) is 3.96. The number of benzene rings is 1. The van der Waals surface area contributed by atoms with Gasteiger partial charge >= 0.3 is 0 Å². The molecule has 0 radical (unpaired) electrons. The zero-order chi connectivity index (χ0) is 18.7. The number of amides is 1. The summed E-state index contributed by atoms with van der Waals surface area (Å²) in [6, 6.07) is 9.19. The van der Waals surface area contributed by atoms with E-state index in [2.05, 4.69) is 20.5 Å². The van der Waals surface area contributed by atoms with Gasteiger partial charge in [0.1, 0.15) is 0 Å². The Morgan fingerprint density at radius 3 is 2.69 bits per heavy atom. The van der Waals surface area contributed by atoms with Crippen LogP contribution in [-0.2, 0) is 11.8 Å². The lowest BCUT2D eigenvalue weighted by Crippen LogP contribution is -2.23. The van der Waals surface area contributed by atoms with Crippen molar-refractivity contribution >= 4 is 35.0 Å². The monoisotopic (exact) mass is 387 g/mol. The number of hydrogen-bond acceptors (Lipinski definition) is 5. The highest BCUT2D eigenvalue weighted by Crippen LogP contribution is 2.27. The fourth-order valence-electron chi connectivity index (χ4n) is 2.36. The molecule has 6 nitrogen and oxygen atoms in total. The van der Waals surface area contributed by atoms with Gasteiger partial charge in [0, 0.05) is 35.7 Å². The number of nitrogens with one attached hydrogen (secondary N) is 1. The summed E-state index contributed by atoms with van der Waals surface area (Å²) in [6.45, 7) is 3.71. The molecule has 3 aromatic rings. The number of carbonyl (C=O) groups excluding carboxylic acids is 1. The van der Waals surface area contributed by atoms with Crippen molar-refractivity contribution in [3.63, 3.8) is 0 Å². The number of hydrogen-bond donors (Lipinski definition) is 1. The molecular weight excluding hydrogens is 370 g/mol. The summed E-state index contributed by atoms with van der Waals surface area (Å²) in [5.41, 5.74) is 2.48. The molecule has 134 valence electrons. The van der Waals surface area contributed by atoms with Crippen LogP contribution in [0.4, 0.5) is 5.69 Å². The average Bonchev–Trinajstić information content (AvgIpc) is 3.00. The van der Waals surface area contributed by atoms with Gasteiger partial charge in [-0.1, -0.05) is 29.4 Å². The van der Waals surface area contributed by atoms with Gasteiger partial charge in [0.05, 0.1) is 5.25 Å². The molecule has 0 aliphatic rings. The van der Waals surface area contributed by atoms with Gasteiger partial charge in [0.2, 0.25) is 5.91 Å². The van der Waals surface area contributed by atoms with E-state index in [-0.39, 0.29) is 11.2 Å². The Kier molecular flexibility index (Phi) is 5.58. The van der Waals surface area contributed by atoms with E-state index in [0.717, 1.165) is 17.0 Å². The molecule has 1 aromatic carbocycles. The van der Waals surface area contributed by atoms with E-state index in [1.807, 2.05) is 49.7 Å². The lowest BCUT2D eigenvalue weighted by molar-refractivity contribution is -0.115. The molecular formula is C18H18ClN5OS. The molecule has 0 aliphatic heterocycles. The van der Waals surface area contributed by atoms with Crippen LogP contribution in [0.5, 0.6) is 0 Å². The van der Waals surface area contributed by atoms with Crippen LogP contribution in [0.15, 0.2) is 47.9 Å². The Bertz CT molecular complexity index is 929. The molecule has 3 rings (SSSR count). The van der Waals surface area contributed by atoms with E-state index in [1.54, 1.807) is 18.5 Å². The Balaban J connectivity index is 1.72. The number of halogens is 1. The summed E-state index contributed by atoms with van der Waals surface area (Å²) in [5.74, 6) is 0.613. The highest BCUT2D eigenvalue weighted by molar-refractivity contribution is 8.00. The molecule has 2 aromatic heterocycles. The van der Waals surface area contributed by atoms with E-state index in [4.69, 9.17) is 11.6 Å². The molecule has 0 saturated carbocycles. The fourth-order valence-corrected chi connectivity index (χ4v) is 3.35. The van der Waals surface area contributed by atoms with Crippen LogP contribution in [0.1, 0.15) is 12.5 Å². The van der Waals surface area contributed by atoms with E-state index < -0.39 is 0 Å². The third-order valence-corrected chi connectivity index (χ3v) is 5.49. The Hall–Kier alpha value is -2.38. The van der Waals surface area contributed by atoms with Crippen LogP contribution in [-0.4, -0.2) is 30.9 Å². The van der Waals surface area contributed by atoms with E-state index in [0.29, 0.717) is 15.9 Å². The van der Waals surface area contributed by atoms with E-state index >= 15 is 0 Å². The first-order valence-electron chi connectivity index (χ1n) is 8.00. The van der Waals surface area contributed by atoms with E-state index in [9.17, 15) is 4.79 Å². The normalized spacial score (nSPS) is 12.0. The van der Waals surface area contributed by atoms with Crippen LogP contribution >= 0.6 is 23.4 Å². The summed E-state index contributed by atoms with van der Waals surface area (Å²) < 4.78 is 1.87. The van der Waals surface area contributed by atoms with Crippen molar-refractivity contribution in [3.05, 3.63) is 53.3 Å². The zero-order valence-electron chi connectivity index (χ0n) is 14.6. The van der Waals surface area contributed by atoms with Gasteiger partial charge in [-0.3, -0.25) is 9.78 Å². The third-order valence-electron chi connectivity index (χ3n) is 3.95. The summed E-state index contributed by atoms with van der Waals surface area (Å²) in [7, 11) is 1.88. The van der Waals surface area contributed by atoms with Crippen molar-refractivity contribution in [2.75, 3.05) is 5.32 Å². The Morgan fingerprint density at radius 2 is 1.96 bits per heavy atom. The van der Waals surface area contributed by atoms with Gasteiger partial charge in [0.25, 0.3) is 0 Å².